The fourth-order valence-corrected chi connectivity index (χ4v) is 2.63. The van der Waals surface area contributed by atoms with Gasteiger partial charge in [0.05, 0.1) is 13.2 Å². The van der Waals surface area contributed by atoms with Gasteiger partial charge in [-0.25, -0.2) is 0 Å². The van der Waals surface area contributed by atoms with Crippen molar-refractivity contribution in [2.24, 2.45) is 0 Å². The second-order valence-corrected chi connectivity index (χ2v) is 5.66. The lowest BCUT2D eigenvalue weighted by molar-refractivity contribution is -0.123. The fraction of sp³-hybridized carbons (Fsp3) is 0.929. The summed E-state index contributed by atoms with van der Waals surface area (Å²) in [7, 11) is 1.72. The Morgan fingerprint density at radius 1 is 1.32 bits per heavy atom. The number of amides is 1. The Hall–Kier alpha value is -0.650. The molecule has 2 N–H and O–H groups in total. The number of ether oxygens (including phenoxy) is 1. The second-order valence-electron chi connectivity index (χ2n) is 5.66. The monoisotopic (exact) mass is 269 g/mol. The standard InChI is InChI=1S/C14H27N3O2/c1-19-9-7-15-10-13-4-2-3-8-17(13)11-14(18)16-12-5-6-12/h12-13,15H,2-11H2,1H3,(H,16,18). The average Bonchev–Trinajstić information content (AvgIpc) is 3.20. The predicted octanol–water partition coefficient (Wildman–Crippen LogP) is 0.356. The molecular weight excluding hydrogens is 242 g/mol. The summed E-state index contributed by atoms with van der Waals surface area (Å²) in [6.45, 7) is 4.20. The minimum Gasteiger partial charge on any atom is -0.383 e. The summed E-state index contributed by atoms with van der Waals surface area (Å²) in [6.07, 6.45) is 6.00. The van der Waals surface area contributed by atoms with E-state index in [0.29, 0.717) is 18.6 Å². The zero-order valence-corrected chi connectivity index (χ0v) is 12.0. The van der Waals surface area contributed by atoms with Crippen molar-refractivity contribution < 1.29 is 9.53 Å². The normalized spacial score (nSPS) is 24.4. The van der Waals surface area contributed by atoms with E-state index in [2.05, 4.69) is 15.5 Å². The second kappa shape index (κ2) is 7.82. The van der Waals surface area contributed by atoms with E-state index in [0.717, 1.165) is 39.1 Å². The fourth-order valence-electron chi connectivity index (χ4n) is 2.63. The molecule has 1 atom stereocenters. The number of nitrogens with one attached hydrogen (secondary N) is 2. The number of hydrogen-bond acceptors (Lipinski definition) is 4. The average molecular weight is 269 g/mol. The van der Waals surface area contributed by atoms with Crippen LogP contribution in [-0.4, -0.2) is 62.8 Å². The Balaban J connectivity index is 1.69. The molecular formula is C14H27N3O2. The van der Waals surface area contributed by atoms with Gasteiger partial charge in [0.15, 0.2) is 0 Å². The maximum absolute atomic E-state index is 11.9. The quantitative estimate of drug-likeness (QED) is 0.625. The first-order valence-electron chi connectivity index (χ1n) is 7.52. The third-order valence-electron chi connectivity index (χ3n) is 3.90. The zero-order chi connectivity index (χ0) is 13.5. The Morgan fingerprint density at radius 3 is 2.89 bits per heavy atom. The van der Waals surface area contributed by atoms with Crippen molar-refractivity contribution in [2.45, 2.75) is 44.2 Å². The van der Waals surface area contributed by atoms with E-state index < -0.39 is 0 Å². The number of likely N-dealkylation sites (tertiary alicyclic amines) is 1. The molecule has 1 heterocycles. The van der Waals surface area contributed by atoms with Crippen molar-refractivity contribution in [1.82, 2.24) is 15.5 Å². The van der Waals surface area contributed by atoms with Gasteiger partial charge in [0.1, 0.15) is 0 Å². The lowest BCUT2D eigenvalue weighted by Gasteiger charge is -2.35. The van der Waals surface area contributed by atoms with Crippen molar-refractivity contribution >= 4 is 5.91 Å². The minimum absolute atomic E-state index is 0.200. The number of hydrogen-bond donors (Lipinski definition) is 2. The van der Waals surface area contributed by atoms with Crippen LogP contribution in [-0.2, 0) is 9.53 Å². The van der Waals surface area contributed by atoms with Crippen molar-refractivity contribution in [2.75, 3.05) is 39.9 Å². The maximum atomic E-state index is 11.9. The van der Waals surface area contributed by atoms with Gasteiger partial charge in [-0.2, -0.15) is 0 Å². The number of nitrogens with zero attached hydrogens (tertiary/aromatic N) is 1. The van der Waals surface area contributed by atoms with Gasteiger partial charge in [-0.1, -0.05) is 6.42 Å². The molecule has 1 unspecified atom stereocenters. The molecule has 5 heteroatoms. The molecule has 1 saturated heterocycles. The first-order valence-corrected chi connectivity index (χ1v) is 7.52. The molecule has 1 aliphatic carbocycles. The van der Waals surface area contributed by atoms with Gasteiger partial charge in [0.25, 0.3) is 0 Å². The Kier molecular flexibility index (Phi) is 6.07. The minimum atomic E-state index is 0.200. The van der Waals surface area contributed by atoms with E-state index >= 15 is 0 Å². The summed E-state index contributed by atoms with van der Waals surface area (Å²) in [5.41, 5.74) is 0. The maximum Gasteiger partial charge on any atom is 0.234 e. The Labute approximate surface area is 116 Å². The molecule has 1 saturated carbocycles. The number of rotatable bonds is 8. The van der Waals surface area contributed by atoms with E-state index in [-0.39, 0.29) is 5.91 Å². The van der Waals surface area contributed by atoms with Gasteiger partial charge in [-0.05, 0) is 32.2 Å². The van der Waals surface area contributed by atoms with E-state index in [1.54, 1.807) is 7.11 Å². The highest BCUT2D eigenvalue weighted by molar-refractivity contribution is 5.78. The van der Waals surface area contributed by atoms with E-state index in [1.165, 1.54) is 19.3 Å². The lowest BCUT2D eigenvalue weighted by atomic mass is 10.0. The van der Waals surface area contributed by atoms with Crippen LogP contribution in [0.4, 0.5) is 0 Å². The van der Waals surface area contributed by atoms with E-state index in [4.69, 9.17) is 4.74 Å². The van der Waals surface area contributed by atoms with Crippen LogP contribution < -0.4 is 10.6 Å². The van der Waals surface area contributed by atoms with Gasteiger partial charge < -0.3 is 15.4 Å². The highest BCUT2D eigenvalue weighted by Crippen LogP contribution is 2.19. The third-order valence-corrected chi connectivity index (χ3v) is 3.90. The molecule has 2 rings (SSSR count). The molecule has 0 bridgehead atoms. The third kappa shape index (κ3) is 5.47. The molecule has 0 spiro atoms. The zero-order valence-electron chi connectivity index (χ0n) is 12.0. The van der Waals surface area contributed by atoms with Crippen LogP contribution in [0.25, 0.3) is 0 Å². The Morgan fingerprint density at radius 2 is 2.16 bits per heavy atom. The molecule has 0 aromatic rings. The first kappa shape index (κ1) is 14.8. The summed E-state index contributed by atoms with van der Waals surface area (Å²) < 4.78 is 5.03. The summed E-state index contributed by atoms with van der Waals surface area (Å²) in [4.78, 5) is 14.2. The molecule has 2 aliphatic rings. The van der Waals surface area contributed by atoms with Gasteiger partial charge in [-0.15, -0.1) is 0 Å². The number of piperidine rings is 1. The molecule has 0 aromatic carbocycles. The smallest absolute Gasteiger partial charge is 0.234 e. The van der Waals surface area contributed by atoms with Crippen molar-refractivity contribution in [3.05, 3.63) is 0 Å². The van der Waals surface area contributed by atoms with E-state index in [1.807, 2.05) is 0 Å². The molecule has 1 aliphatic heterocycles. The lowest BCUT2D eigenvalue weighted by Crippen LogP contribution is -2.50. The van der Waals surface area contributed by atoms with Crippen molar-refractivity contribution in [3.8, 4) is 0 Å². The van der Waals surface area contributed by atoms with E-state index in [9.17, 15) is 4.79 Å². The predicted molar refractivity (Wildman–Crippen MR) is 75.1 cm³/mol. The molecule has 1 amide bonds. The van der Waals surface area contributed by atoms with Crippen LogP contribution in [0.5, 0.6) is 0 Å². The Bertz CT molecular complexity index is 282. The number of carbonyl (C=O) groups is 1. The molecule has 0 aromatic heterocycles. The first-order chi connectivity index (χ1) is 9.29. The summed E-state index contributed by atoms with van der Waals surface area (Å²) in [6, 6.07) is 0.964. The van der Waals surface area contributed by atoms with Crippen molar-refractivity contribution in [1.29, 1.82) is 0 Å². The number of methoxy groups -OCH3 is 1. The SMILES string of the molecule is COCCNCC1CCCCN1CC(=O)NC1CC1. The topological polar surface area (TPSA) is 53.6 Å². The summed E-state index contributed by atoms with van der Waals surface area (Å²) in [5, 5.41) is 6.49. The van der Waals surface area contributed by atoms with Crippen LogP contribution in [0.2, 0.25) is 0 Å². The van der Waals surface area contributed by atoms with Crippen LogP contribution in [0.3, 0.4) is 0 Å². The van der Waals surface area contributed by atoms with Crippen LogP contribution >= 0.6 is 0 Å². The van der Waals surface area contributed by atoms with Crippen molar-refractivity contribution in [3.63, 3.8) is 0 Å². The van der Waals surface area contributed by atoms with Gasteiger partial charge in [0.2, 0.25) is 5.91 Å². The molecule has 19 heavy (non-hydrogen) atoms. The highest BCUT2D eigenvalue weighted by atomic mass is 16.5. The molecule has 0 radical (unpaired) electrons. The summed E-state index contributed by atoms with van der Waals surface area (Å²) >= 11 is 0. The van der Waals surface area contributed by atoms with Gasteiger partial charge in [0, 0.05) is 32.3 Å². The molecule has 5 nitrogen and oxygen atoms in total. The van der Waals surface area contributed by atoms with Crippen LogP contribution in [0, 0.1) is 0 Å². The van der Waals surface area contributed by atoms with Gasteiger partial charge in [-0.3, -0.25) is 9.69 Å². The van der Waals surface area contributed by atoms with Crippen LogP contribution in [0.15, 0.2) is 0 Å². The van der Waals surface area contributed by atoms with Gasteiger partial charge >= 0.3 is 0 Å². The number of carbonyl (C=O) groups excluding carboxylic acids is 1. The summed E-state index contributed by atoms with van der Waals surface area (Å²) in [5.74, 6) is 0.200. The molecule has 110 valence electrons. The highest BCUT2D eigenvalue weighted by Gasteiger charge is 2.27. The largest absolute Gasteiger partial charge is 0.383 e. The molecule has 2 fully saturated rings. The van der Waals surface area contributed by atoms with Crippen LogP contribution in [0.1, 0.15) is 32.1 Å².